The summed E-state index contributed by atoms with van der Waals surface area (Å²) >= 11 is 0. The van der Waals surface area contributed by atoms with E-state index in [1.54, 1.807) is 13.2 Å². The van der Waals surface area contributed by atoms with E-state index in [1.165, 1.54) is 6.07 Å². The number of furan rings is 1. The highest BCUT2D eigenvalue weighted by Gasteiger charge is 2.35. The lowest BCUT2D eigenvalue weighted by Gasteiger charge is -2.34. The molecule has 0 bridgehead atoms. The van der Waals surface area contributed by atoms with Crippen LogP contribution in [0, 0.1) is 5.82 Å². The number of hydrogen-bond acceptors (Lipinski definition) is 3. The summed E-state index contributed by atoms with van der Waals surface area (Å²) in [4.78, 5) is 0. The molecule has 1 aromatic carbocycles. The number of likely N-dealkylation sites (N-methyl/N-ethyl adjacent to an activating group) is 1. The number of ether oxygens (including phenoxy) is 1. The standard InChI is InChI=1S/C15H20FNO2/c1-5-15(2,18-4)14(17-3)12-9-10-7-6-8-11(16)13(10)19-12/h6-9,14,17H,5H2,1-4H3. The van der Waals surface area contributed by atoms with Crippen molar-refractivity contribution in [3.63, 3.8) is 0 Å². The third kappa shape index (κ3) is 2.38. The zero-order valence-electron chi connectivity index (χ0n) is 11.8. The third-order valence-electron chi connectivity index (χ3n) is 3.87. The summed E-state index contributed by atoms with van der Waals surface area (Å²) in [6, 6.07) is 6.66. The average Bonchev–Trinajstić information content (AvgIpc) is 2.84. The number of rotatable bonds is 5. The lowest BCUT2D eigenvalue weighted by atomic mass is 9.91. The summed E-state index contributed by atoms with van der Waals surface area (Å²) in [5, 5.41) is 3.97. The van der Waals surface area contributed by atoms with Gasteiger partial charge in [0.25, 0.3) is 0 Å². The lowest BCUT2D eigenvalue weighted by molar-refractivity contribution is -0.0330. The van der Waals surface area contributed by atoms with Crippen LogP contribution in [0.4, 0.5) is 4.39 Å². The molecule has 0 amide bonds. The molecule has 1 aromatic heterocycles. The molecule has 104 valence electrons. The molecule has 0 aliphatic rings. The maximum absolute atomic E-state index is 13.7. The molecule has 0 spiro atoms. The molecule has 1 heterocycles. The summed E-state index contributed by atoms with van der Waals surface area (Å²) in [6.45, 7) is 4.06. The molecular formula is C15H20FNO2. The van der Waals surface area contributed by atoms with E-state index in [0.29, 0.717) is 11.3 Å². The van der Waals surface area contributed by atoms with Gasteiger partial charge in [-0.3, -0.25) is 0 Å². The first-order valence-electron chi connectivity index (χ1n) is 6.46. The number of methoxy groups -OCH3 is 1. The van der Waals surface area contributed by atoms with Gasteiger partial charge < -0.3 is 14.5 Å². The van der Waals surface area contributed by atoms with Gasteiger partial charge in [-0.25, -0.2) is 4.39 Å². The van der Waals surface area contributed by atoms with E-state index >= 15 is 0 Å². The van der Waals surface area contributed by atoms with Gasteiger partial charge in [-0.05, 0) is 32.5 Å². The molecule has 0 fully saturated rings. The smallest absolute Gasteiger partial charge is 0.169 e. The van der Waals surface area contributed by atoms with Crippen LogP contribution in [0.25, 0.3) is 11.0 Å². The first kappa shape index (κ1) is 14.0. The molecule has 2 rings (SSSR count). The zero-order chi connectivity index (χ0) is 14.0. The molecule has 0 saturated carbocycles. The number of hydrogen-bond donors (Lipinski definition) is 1. The summed E-state index contributed by atoms with van der Waals surface area (Å²) in [6.07, 6.45) is 0.814. The Morgan fingerprint density at radius 3 is 2.74 bits per heavy atom. The maximum Gasteiger partial charge on any atom is 0.169 e. The molecule has 0 radical (unpaired) electrons. The molecule has 0 aliphatic heterocycles. The van der Waals surface area contributed by atoms with Gasteiger partial charge in [0.05, 0.1) is 11.6 Å². The SMILES string of the molecule is CCC(C)(OC)C(NC)c1cc2cccc(F)c2o1. The van der Waals surface area contributed by atoms with Gasteiger partial charge in [-0.15, -0.1) is 0 Å². The van der Waals surface area contributed by atoms with E-state index in [4.69, 9.17) is 9.15 Å². The lowest BCUT2D eigenvalue weighted by Crippen LogP contribution is -2.41. The van der Waals surface area contributed by atoms with E-state index < -0.39 is 5.60 Å². The monoisotopic (exact) mass is 265 g/mol. The Hall–Kier alpha value is -1.39. The normalized spacial score (nSPS) is 16.5. The van der Waals surface area contributed by atoms with E-state index in [-0.39, 0.29) is 11.9 Å². The van der Waals surface area contributed by atoms with E-state index in [1.807, 2.05) is 26.1 Å². The second-order valence-corrected chi connectivity index (χ2v) is 4.90. The van der Waals surface area contributed by atoms with Crippen molar-refractivity contribution in [3.05, 3.63) is 35.8 Å². The van der Waals surface area contributed by atoms with Gasteiger partial charge in [-0.2, -0.15) is 0 Å². The van der Waals surface area contributed by atoms with Crippen LogP contribution in [0.5, 0.6) is 0 Å². The Balaban J connectivity index is 2.49. The predicted molar refractivity (Wildman–Crippen MR) is 73.7 cm³/mol. The van der Waals surface area contributed by atoms with Crippen LogP contribution in [0.15, 0.2) is 28.7 Å². The highest BCUT2D eigenvalue weighted by atomic mass is 19.1. The summed E-state index contributed by atoms with van der Waals surface area (Å²) in [5.74, 6) is 0.350. The minimum Gasteiger partial charge on any atom is -0.456 e. The largest absolute Gasteiger partial charge is 0.456 e. The molecule has 1 N–H and O–H groups in total. The summed E-state index contributed by atoms with van der Waals surface area (Å²) in [7, 11) is 3.53. The van der Waals surface area contributed by atoms with Crippen LogP contribution < -0.4 is 5.32 Å². The van der Waals surface area contributed by atoms with Gasteiger partial charge >= 0.3 is 0 Å². The number of halogens is 1. The quantitative estimate of drug-likeness (QED) is 0.896. The van der Waals surface area contributed by atoms with Crippen molar-refractivity contribution in [3.8, 4) is 0 Å². The Bertz CT molecular complexity index is 560. The van der Waals surface area contributed by atoms with Gasteiger partial charge in [0.1, 0.15) is 5.76 Å². The predicted octanol–water partition coefficient (Wildman–Crippen LogP) is 3.65. The fourth-order valence-corrected chi connectivity index (χ4v) is 2.40. The van der Waals surface area contributed by atoms with Crippen LogP contribution in [0.3, 0.4) is 0 Å². The Labute approximate surface area is 112 Å². The highest BCUT2D eigenvalue weighted by Crippen LogP contribution is 2.35. The van der Waals surface area contributed by atoms with Crippen molar-refractivity contribution in [2.45, 2.75) is 31.9 Å². The number of para-hydroxylation sites is 1. The molecule has 4 heteroatoms. The van der Waals surface area contributed by atoms with E-state index in [2.05, 4.69) is 12.2 Å². The number of benzene rings is 1. The third-order valence-corrected chi connectivity index (χ3v) is 3.87. The molecule has 2 aromatic rings. The van der Waals surface area contributed by atoms with Crippen LogP contribution >= 0.6 is 0 Å². The average molecular weight is 265 g/mol. The van der Waals surface area contributed by atoms with Crippen molar-refractivity contribution in [2.24, 2.45) is 0 Å². The van der Waals surface area contributed by atoms with Gasteiger partial charge in [0.2, 0.25) is 0 Å². The first-order valence-corrected chi connectivity index (χ1v) is 6.46. The van der Waals surface area contributed by atoms with Gasteiger partial charge in [-0.1, -0.05) is 19.1 Å². The van der Waals surface area contributed by atoms with Crippen LogP contribution in [0.1, 0.15) is 32.1 Å². The van der Waals surface area contributed by atoms with Crippen LogP contribution in [0.2, 0.25) is 0 Å². The zero-order valence-corrected chi connectivity index (χ0v) is 11.8. The molecule has 19 heavy (non-hydrogen) atoms. The van der Waals surface area contributed by atoms with Crippen molar-refractivity contribution in [1.29, 1.82) is 0 Å². The summed E-state index contributed by atoms with van der Waals surface area (Å²) < 4.78 is 25.0. The van der Waals surface area contributed by atoms with E-state index in [9.17, 15) is 4.39 Å². The van der Waals surface area contributed by atoms with Crippen molar-refractivity contribution >= 4 is 11.0 Å². The van der Waals surface area contributed by atoms with Crippen molar-refractivity contribution in [2.75, 3.05) is 14.2 Å². The minimum absolute atomic E-state index is 0.130. The van der Waals surface area contributed by atoms with Crippen LogP contribution in [-0.4, -0.2) is 19.8 Å². The number of nitrogens with one attached hydrogen (secondary N) is 1. The van der Waals surface area contributed by atoms with Gasteiger partial charge in [0, 0.05) is 12.5 Å². The Morgan fingerprint density at radius 2 is 2.21 bits per heavy atom. The van der Waals surface area contributed by atoms with Crippen molar-refractivity contribution in [1.82, 2.24) is 5.32 Å². The molecule has 3 nitrogen and oxygen atoms in total. The fraction of sp³-hybridized carbons (Fsp3) is 0.467. The van der Waals surface area contributed by atoms with Gasteiger partial charge in [0.15, 0.2) is 11.4 Å². The fourth-order valence-electron chi connectivity index (χ4n) is 2.40. The van der Waals surface area contributed by atoms with E-state index in [0.717, 1.165) is 11.8 Å². The molecule has 2 unspecified atom stereocenters. The van der Waals surface area contributed by atoms with Crippen molar-refractivity contribution < 1.29 is 13.5 Å². The maximum atomic E-state index is 13.7. The summed E-state index contributed by atoms with van der Waals surface area (Å²) in [5.41, 5.74) is -0.105. The molecule has 0 aliphatic carbocycles. The van der Waals surface area contributed by atoms with Crippen LogP contribution in [-0.2, 0) is 4.74 Å². The topological polar surface area (TPSA) is 34.4 Å². The number of fused-ring (bicyclic) bond motifs is 1. The second kappa shape index (κ2) is 5.31. The highest BCUT2D eigenvalue weighted by molar-refractivity contribution is 5.78. The molecule has 2 atom stereocenters. The first-order chi connectivity index (χ1) is 9.05. The Morgan fingerprint density at radius 1 is 1.47 bits per heavy atom. The second-order valence-electron chi connectivity index (χ2n) is 4.90. The molecule has 0 saturated heterocycles. The Kier molecular flexibility index (Phi) is 3.92. The minimum atomic E-state index is -0.404. The molecular weight excluding hydrogens is 245 g/mol.